The Morgan fingerprint density at radius 3 is 2.81 bits per heavy atom. The van der Waals surface area contributed by atoms with Gasteiger partial charge in [-0.1, -0.05) is 42.3 Å². The van der Waals surface area contributed by atoms with E-state index in [1.165, 1.54) is 11.1 Å². The maximum Gasteiger partial charge on any atom is 0.224 e. The summed E-state index contributed by atoms with van der Waals surface area (Å²) in [6, 6.07) is 16.2. The Balaban J connectivity index is 1.47. The maximum atomic E-state index is 11.5. The minimum atomic E-state index is 0.0699. The van der Waals surface area contributed by atoms with Crippen molar-refractivity contribution in [3.63, 3.8) is 0 Å². The van der Waals surface area contributed by atoms with Gasteiger partial charge in [0.05, 0.1) is 13.2 Å². The predicted molar refractivity (Wildman–Crippen MR) is 104 cm³/mol. The van der Waals surface area contributed by atoms with Crippen molar-refractivity contribution >= 4 is 11.6 Å². The fourth-order valence-corrected chi connectivity index (χ4v) is 3.10. The third-order valence-corrected chi connectivity index (χ3v) is 4.43. The van der Waals surface area contributed by atoms with Gasteiger partial charge < -0.3 is 10.1 Å². The Morgan fingerprint density at radius 1 is 1.15 bits per heavy atom. The lowest BCUT2D eigenvalue weighted by molar-refractivity contribution is -0.116. The molecule has 0 saturated heterocycles. The number of nitrogens with zero attached hydrogens (tertiary/aromatic N) is 1. The van der Waals surface area contributed by atoms with Crippen LogP contribution in [0.15, 0.2) is 48.5 Å². The summed E-state index contributed by atoms with van der Waals surface area (Å²) in [5.41, 5.74) is 3.30. The van der Waals surface area contributed by atoms with E-state index in [9.17, 15) is 4.79 Å². The molecule has 134 valence electrons. The molecule has 4 heteroatoms. The number of anilines is 1. The van der Waals surface area contributed by atoms with Crippen LogP contribution in [-0.4, -0.2) is 30.5 Å². The number of carbonyl (C=O) groups excluding carboxylic acids is 1. The first-order chi connectivity index (χ1) is 12.7. The number of fused-ring (bicyclic) bond motifs is 1. The summed E-state index contributed by atoms with van der Waals surface area (Å²) in [6.45, 7) is 2.96. The van der Waals surface area contributed by atoms with Crippen LogP contribution in [0.3, 0.4) is 0 Å². The Labute approximate surface area is 155 Å². The van der Waals surface area contributed by atoms with Crippen LogP contribution in [0.1, 0.15) is 24.0 Å². The average molecular weight is 348 g/mol. The summed E-state index contributed by atoms with van der Waals surface area (Å²) < 4.78 is 5.86. The monoisotopic (exact) mass is 348 g/mol. The van der Waals surface area contributed by atoms with Gasteiger partial charge in [-0.25, -0.2) is 0 Å². The minimum Gasteiger partial charge on any atom is -0.493 e. The summed E-state index contributed by atoms with van der Waals surface area (Å²) in [7, 11) is 0. The van der Waals surface area contributed by atoms with Crippen molar-refractivity contribution in [2.75, 3.05) is 25.0 Å². The molecule has 0 aliphatic carbocycles. The van der Waals surface area contributed by atoms with Gasteiger partial charge in [-0.2, -0.15) is 0 Å². The van der Waals surface area contributed by atoms with E-state index in [0.29, 0.717) is 19.6 Å². The van der Waals surface area contributed by atoms with Gasteiger partial charge in [0, 0.05) is 31.3 Å². The zero-order valence-corrected chi connectivity index (χ0v) is 14.9. The first-order valence-corrected chi connectivity index (χ1v) is 9.00. The molecule has 0 saturated carbocycles. The highest BCUT2D eigenvalue weighted by Crippen LogP contribution is 2.27. The van der Waals surface area contributed by atoms with E-state index in [1.54, 1.807) is 0 Å². The minimum absolute atomic E-state index is 0.0699. The molecule has 0 aromatic heterocycles. The number of ether oxygens (including phenoxy) is 1. The van der Waals surface area contributed by atoms with Crippen LogP contribution in [0.4, 0.5) is 5.69 Å². The average Bonchev–Trinajstić information content (AvgIpc) is 2.66. The molecule has 4 nitrogen and oxygen atoms in total. The van der Waals surface area contributed by atoms with Crippen LogP contribution < -0.4 is 10.1 Å². The Hall–Kier alpha value is -2.77. The van der Waals surface area contributed by atoms with Gasteiger partial charge >= 0.3 is 0 Å². The third-order valence-electron chi connectivity index (χ3n) is 4.43. The molecule has 1 aliphatic heterocycles. The number of carbonyl (C=O) groups is 1. The zero-order chi connectivity index (χ0) is 18.2. The van der Waals surface area contributed by atoms with Crippen LogP contribution in [0.25, 0.3) is 0 Å². The van der Waals surface area contributed by atoms with Crippen molar-refractivity contribution in [3.8, 4) is 18.1 Å². The first kappa shape index (κ1) is 18.0. The van der Waals surface area contributed by atoms with E-state index in [4.69, 9.17) is 11.2 Å². The van der Waals surface area contributed by atoms with Crippen LogP contribution in [-0.2, 0) is 17.8 Å². The molecule has 3 rings (SSSR count). The van der Waals surface area contributed by atoms with Gasteiger partial charge in [0.15, 0.2) is 0 Å². The van der Waals surface area contributed by atoms with Gasteiger partial charge in [0.2, 0.25) is 5.91 Å². The van der Waals surface area contributed by atoms with E-state index < -0.39 is 0 Å². The second kappa shape index (κ2) is 9.07. The molecule has 0 radical (unpaired) electrons. The molecule has 1 N–H and O–H groups in total. The van der Waals surface area contributed by atoms with Gasteiger partial charge in [0.1, 0.15) is 5.75 Å². The summed E-state index contributed by atoms with van der Waals surface area (Å²) in [5.74, 6) is 3.59. The molecule has 1 heterocycles. The number of amides is 1. The van der Waals surface area contributed by atoms with E-state index in [2.05, 4.69) is 28.3 Å². The largest absolute Gasteiger partial charge is 0.493 e. The quantitative estimate of drug-likeness (QED) is 0.587. The number of aryl methyl sites for hydroxylation is 1. The van der Waals surface area contributed by atoms with Crippen LogP contribution >= 0.6 is 0 Å². The molecule has 0 spiro atoms. The molecule has 1 aliphatic rings. The number of rotatable bonds is 8. The van der Waals surface area contributed by atoms with Crippen molar-refractivity contribution < 1.29 is 9.53 Å². The second-order valence-electron chi connectivity index (χ2n) is 6.47. The van der Waals surface area contributed by atoms with Crippen molar-refractivity contribution in [2.45, 2.75) is 25.8 Å². The summed E-state index contributed by atoms with van der Waals surface area (Å²) >= 11 is 0. The van der Waals surface area contributed by atoms with Crippen molar-refractivity contribution in [3.05, 3.63) is 59.7 Å². The smallest absolute Gasteiger partial charge is 0.224 e. The SMILES string of the molecule is C#CCN(CCCOc1ccc2c(c1)NC(=O)CC2)Cc1ccccc1. The van der Waals surface area contributed by atoms with Crippen molar-refractivity contribution in [2.24, 2.45) is 0 Å². The lowest BCUT2D eigenvalue weighted by Crippen LogP contribution is -2.26. The van der Waals surface area contributed by atoms with E-state index in [0.717, 1.165) is 37.4 Å². The fourth-order valence-electron chi connectivity index (χ4n) is 3.10. The fraction of sp³-hybridized carbons (Fsp3) is 0.318. The molecular formula is C22H24N2O2. The third kappa shape index (κ3) is 5.11. The van der Waals surface area contributed by atoms with Gasteiger partial charge in [-0.15, -0.1) is 6.42 Å². The highest BCUT2D eigenvalue weighted by atomic mass is 16.5. The lowest BCUT2D eigenvalue weighted by atomic mass is 10.0. The number of hydrogen-bond acceptors (Lipinski definition) is 3. The number of nitrogens with one attached hydrogen (secondary N) is 1. The first-order valence-electron chi connectivity index (χ1n) is 9.00. The zero-order valence-electron chi connectivity index (χ0n) is 14.9. The lowest BCUT2D eigenvalue weighted by Gasteiger charge is -2.20. The molecule has 2 aromatic rings. The molecule has 0 bridgehead atoms. The van der Waals surface area contributed by atoms with E-state index >= 15 is 0 Å². The normalized spacial score (nSPS) is 13.0. The highest BCUT2D eigenvalue weighted by Gasteiger charge is 2.15. The Kier molecular flexibility index (Phi) is 6.29. The molecule has 0 fully saturated rings. The highest BCUT2D eigenvalue weighted by molar-refractivity contribution is 5.94. The Bertz CT molecular complexity index is 780. The Morgan fingerprint density at radius 2 is 2.00 bits per heavy atom. The predicted octanol–water partition coefficient (Wildman–Crippen LogP) is 3.48. The molecule has 26 heavy (non-hydrogen) atoms. The maximum absolute atomic E-state index is 11.5. The van der Waals surface area contributed by atoms with E-state index in [-0.39, 0.29) is 5.91 Å². The van der Waals surface area contributed by atoms with Crippen molar-refractivity contribution in [1.82, 2.24) is 4.90 Å². The number of benzene rings is 2. The summed E-state index contributed by atoms with van der Waals surface area (Å²) in [6.07, 6.45) is 7.73. The second-order valence-corrected chi connectivity index (χ2v) is 6.47. The molecular weight excluding hydrogens is 324 g/mol. The molecule has 0 unspecified atom stereocenters. The van der Waals surface area contributed by atoms with E-state index in [1.807, 2.05) is 36.4 Å². The number of hydrogen-bond donors (Lipinski definition) is 1. The van der Waals surface area contributed by atoms with Crippen LogP contribution in [0.2, 0.25) is 0 Å². The molecule has 2 aromatic carbocycles. The molecule has 0 atom stereocenters. The van der Waals surface area contributed by atoms with Crippen LogP contribution in [0.5, 0.6) is 5.75 Å². The van der Waals surface area contributed by atoms with Crippen molar-refractivity contribution in [1.29, 1.82) is 0 Å². The summed E-state index contributed by atoms with van der Waals surface area (Å²) in [5, 5.41) is 2.90. The topological polar surface area (TPSA) is 41.6 Å². The van der Waals surface area contributed by atoms with Gasteiger partial charge in [-0.05, 0) is 30.0 Å². The standard InChI is InChI=1S/C22H24N2O2/c1-2-13-24(17-18-7-4-3-5-8-18)14-6-15-26-20-11-9-19-10-12-22(25)23-21(19)16-20/h1,3-5,7-9,11,16H,6,10,12-15,17H2,(H,23,25). The summed E-state index contributed by atoms with van der Waals surface area (Å²) in [4.78, 5) is 13.8. The van der Waals surface area contributed by atoms with Gasteiger partial charge in [0.25, 0.3) is 0 Å². The van der Waals surface area contributed by atoms with Gasteiger partial charge in [-0.3, -0.25) is 9.69 Å². The molecule has 1 amide bonds. The van der Waals surface area contributed by atoms with Crippen LogP contribution in [0, 0.1) is 12.3 Å². The number of terminal acetylenes is 1.